The van der Waals surface area contributed by atoms with E-state index in [0.717, 1.165) is 0 Å². The highest BCUT2D eigenvalue weighted by Crippen LogP contribution is 2.12. The Bertz CT molecular complexity index is 314. The highest BCUT2D eigenvalue weighted by molar-refractivity contribution is 8.15. The number of hydrogen-bond acceptors (Lipinski definition) is 5. The predicted octanol–water partition coefficient (Wildman–Crippen LogP) is 0.0390. The molecule has 0 aliphatic rings. The summed E-state index contributed by atoms with van der Waals surface area (Å²) >= 11 is 0. The van der Waals surface area contributed by atoms with Gasteiger partial charge in [-0.25, -0.2) is 0 Å². The molecule has 0 amide bonds. The molecule has 0 aromatic rings. The van der Waals surface area contributed by atoms with E-state index in [9.17, 15) is 25.6 Å². The van der Waals surface area contributed by atoms with E-state index in [-0.39, 0.29) is 0 Å². The van der Waals surface area contributed by atoms with Gasteiger partial charge in [-0.3, -0.25) is 0 Å². The Kier molecular flexibility index (Phi) is 3.17. The van der Waals surface area contributed by atoms with E-state index in [0.29, 0.717) is 0 Å². The third-order valence-corrected chi connectivity index (χ3v) is 2.70. The quantitative estimate of drug-likeness (QED) is 0.640. The van der Waals surface area contributed by atoms with Gasteiger partial charge in [-0.05, 0) is 0 Å². The molecule has 5 nitrogen and oxygen atoms in total. The van der Waals surface area contributed by atoms with Gasteiger partial charge in [-0.1, -0.05) is 0 Å². The van der Waals surface area contributed by atoms with E-state index < -0.39 is 25.2 Å². The molecule has 0 N–H and O–H groups in total. The molecule has 11 heavy (non-hydrogen) atoms. The van der Waals surface area contributed by atoms with E-state index >= 15 is 0 Å². The van der Waals surface area contributed by atoms with Gasteiger partial charge in [0.1, 0.15) is 0 Å². The summed E-state index contributed by atoms with van der Waals surface area (Å²) in [7, 11) is -6.13. The zero-order valence-corrected chi connectivity index (χ0v) is 6.96. The number of rotatable bonds is 3. The third kappa shape index (κ3) is 4.45. The monoisotopic (exact) mass is 230 g/mol. The minimum atomic E-state index is -5.41. The molecule has 0 saturated carbocycles. The largest absolute Gasteiger partial charge is 0.370 e. The molecule has 0 rings (SSSR count). The fourth-order valence-electron chi connectivity index (χ4n) is 0.143. The highest BCUT2D eigenvalue weighted by Gasteiger charge is 2.30. The van der Waals surface area contributed by atoms with Gasteiger partial charge in [0.2, 0.25) is 0 Å². The Morgan fingerprint density at radius 3 is 1.64 bits per heavy atom. The maximum absolute atomic E-state index is 11.3. The van der Waals surface area contributed by atoms with Crippen molar-refractivity contribution in [1.82, 2.24) is 0 Å². The van der Waals surface area contributed by atoms with Gasteiger partial charge in [-0.2, -0.15) is 25.6 Å². The molecule has 0 unspecified atom stereocenters. The van der Waals surface area contributed by atoms with Gasteiger partial charge in [0.15, 0.2) is 0 Å². The van der Waals surface area contributed by atoms with Crippen molar-refractivity contribution in [2.24, 2.45) is 0 Å². The van der Waals surface area contributed by atoms with Crippen LogP contribution >= 0.6 is 10.7 Å². The van der Waals surface area contributed by atoms with Gasteiger partial charge in [0.25, 0.3) is 0 Å². The van der Waals surface area contributed by atoms with Crippen molar-refractivity contribution in [1.29, 1.82) is 0 Å². The lowest BCUT2D eigenvalue weighted by molar-refractivity contribution is 0.220. The van der Waals surface area contributed by atoms with Crippen molar-refractivity contribution in [3.63, 3.8) is 0 Å². The molecule has 0 aromatic heterocycles. The van der Waals surface area contributed by atoms with Gasteiger partial charge in [0, 0.05) is 0 Å². The molecule has 0 bridgehead atoms. The summed E-state index contributed by atoms with van der Waals surface area (Å²) in [6.07, 6.45) is 0. The van der Waals surface area contributed by atoms with Crippen LogP contribution in [-0.4, -0.2) is 22.6 Å². The predicted molar refractivity (Wildman–Crippen MR) is 30.8 cm³/mol. The number of alkyl halides is 2. The van der Waals surface area contributed by atoms with Gasteiger partial charge in [-0.15, -0.1) is 3.63 Å². The number of halogens is 3. The lowest BCUT2D eigenvalue weighted by Gasteiger charge is -1.97. The van der Waals surface area contributed by atoms with Crippen LogP contribution in [-0.2, 0) is 23.1 Å². The normalized spacial score (nSPS) is 13.8. The summed E-state index contributed by atoms with van der Waals surface area (Å²) in [5.74, 6) is -3.93. The second kappa shape index (κ2) is 3.17. The van der Waals surface area contributed by atoms with Gasteiger partial charge in [0.05, 0.1) is 10.7 Å². The Balaban J connectivity index is 4.68. The van der Waals surface area contributed by atoms with Crippen LogP contribution in [0.5, 0.6) is 0 Å². The first kappa shape index (κ1) is 11.0. The van der Waals surface area contributed by atoms with Crippen LogP contribution in [0.1, 0.15) is 0 Å². The summed E-state index contributed by atoms with van der Waals surface area (Å²) in [6.45, 7) is 0. The minimum Gasteiger partial charge on any atom is -0.192 e. The topological polar surface area (TPSA) is 77.5 Å². The number of hydrogen-bond donors (Lipinski definition) is 0. The summed E-state index contributed by atoms with van der Waals surface area (Å²) in [4.78, 5) is 0. The molecule has 0 aromatic carbocycles. The molecule has 68 valence electrons. The van der Waals surface area contributed by atoms with Crippen LogP contribution in [0.25, 0.3) is 0 Å². The smallest absolute Gasteiger partial charge is 0.192 e. The first-order chi connectivity index (χ1) is 4.65. The molecule has 0 saturated heterocycles. The van der Waals surface area contributed by atoms with Crippen LogP contribution in [0, 0.1) is 0 Å². The summed E-state index contributed by atoms with van der Waals surface area (Å²) < 4.78 is 64.8. The SMILES string of the molecule is O=S(=O)(Cl)OS(=O)(=O)C(F)F. The maximum Gasteiger partial charge on any atom is 0.370 e. The molecular weight excluding hydrogens is 230 g/mol. The molecule has 0 heterocycles. The van der Waals surface area contributed by atoms with Crippen molar-refractivity contribution in [3.05, 3.63) is 0 Å². The van der Waals surface area contributed by atoms with Crippen molar-refractivity contribution in [2.75, 3.05) is 0 Å². The highest BCUT2D eigenvalue weighted by atomic mass is 35.7. The minimum absolute atomic E-state index is 2.85. The van der Waals surface area contributed by atoms with Gasteiger partial charge >= 0.3 is 25.2 Å². The summed E-state index contributed by atoms with van der Waals surface area (Å²) in [5.41, 5.74) is 0. The van der Waals surface area contributed by atoms with Crippen LogP contribution in [0.4, 0.5) is 8.78 Å². The molecule has 10 heteroatoms. The molecular formula is CHClF2O5S2. The average Bonchev–Trinajstić information content (AvgIpc) is 1.56. The zero-order chi connectivity index (χ0) is 9.28. The van der Waals surface area contributed by atoms with Crippen molar-refractivity contribution in [2.45, 2.75) is 5.76 Å². The summed E-state index contributed by atoms with van der Waals surface area (Å²) in [5, 5.41) is 0. The molecule has 0 spiro atoms. The Labute approximate surface area is 65.7 Å². The molecule has 0 aliphatic heterocycles. The maximum atomic E-state index is 11.3. The fraction of sp³-hybridized carbons (Fsp3) is 1.00. The third-order valence-electron chi connectivity index (χ3n) is 0.394. The van der Waals surface area contributed by atoms with E-state index in [1.807, 2.05) is 0 Å². The van der Waals surface area contributed by atoms with Crippen LogP contribution in [0.2, 0.25) is 0 Å². The van der Waals surface area contributed by atoms with Crippen LogP contribution in [0.3, 0.4) is 0 Å². The Hall–Kier alpha value is 0.01000. The van der Waals surface area contributed by atoms with E-state index in [1.165, 1.54) is 0 Å². The first-order valence-corrected chi connectivity index (χ1v) is 5.53. The van der Waals surface area contributed by atoms with E-state index in [1.54, 1.807) is 0 Å². The first-order valence-electron chi connectivity index (χ1n) is 1.83. The second-order valence-corrected chi connectivity index (χ2v) is 5.02. The zero-order valence-electron chi connectivity index (χ0n) is 4.57. The standard InChI is InChI=1S/CHClF2O5S2/c2-11(7,8)9-10(5,6)1(3)4/h1H. The lowest BCUT2D eigenvalue weighted by Crippen LogP contribution is -2.16. The molecule has 0 atom stereocenters. The Morgan fingerprint density at radius 1 is 1.18 bits per heavy atom. The van der Waals surface area contributed by atoms with Crippen LogP contribution < -0.4 is 0 Å². The average molecular weight is 231 g/mol. The fourth-order valence-corrected chi connectivity index (χ4v) is 1.93. The van der Waals surface area contributed by atoms with E-state index in [4.69, 9.17) is 0 Å². The van der Waals surface area contributed by atoms with Gasteiger partial charge < -0.3 is 0 Å². The lowest BCUT2D eigenvalue weighted by atomic mass is 11.7. The Morgan fingerprint density at radius 2 is 1.55 bits per heavy atom. The molecule has 0 radical (unpaired) electrons. The van der Waals surface area contributed by atoms with Crippen LogP contribution in [0.15, 0.2) is 0 Å². The van der Waals surface area contributed by atoms with Crippen molar-refractivity contribution in [3.8, 4) is 0 Å². The van der Waals surface area contributed by atoms with Crippen molar-refractivity contribution < 1.29 is 29.2 Å². The molecule has 0 fully saturated rings. The van der Waals surface area contributed by atoms with E-state index in [2.05, 4.69) is 14.3 Å². The van der Waals surface area contributed by atoms with Crippen molar-refractivity contribution >= 4 is 30.1 Å². The molecule has 0 aliphatic carbocycles. The second-order valence-electron chi connectivity index (χ2n) is 1.21. The summed E-state index contributed by atoms with van der Waals surface area (Å²) in [6, 6.07) is 0.